The van der Waals surface area contributed by atoms with E-state index in [1.165, 1.54) is 4.57 Å². The number of methoxy groups -OCH3 is 1. The molecule has 23 heavy (non-hydrogen) atoms. The number of halogens is 1. The quantitative estimate of drug-likeness (QED) is 0.701. The molecule has 0 amide bonds. The maximum absolute atomic E-state index is 12.2. The Bertz CT molecular complexity index is 962. The van der Waals surface area contributed by atoms with E-state index in [1.807, 2.05) is 13.8 Å². The van der Waals surface area contributed by atoms with E-state index in [4.69, 9.17) is 22.1 Å². The number of aromatic amines is 1. The van der Waals surface area contributed by atoms with Crippen molar-refractivity contribution in [2.75, 3.05) is 12.8 Å². The van der Waals surface area contributed by atoms with Crippen LogP contribution in [-0.4, -0.2) is 31.6 Å². The number of nitrogens with one attached hydrogen (secondary N) is 1. The second kappa shape index (κ2) is 5.54. The molecular formula is C14H15ClN6O2. The van der Waals surface area contributed by atoms with Gasteiger partial charge >= 0.3 is 5.69 Å². The molecule has 0 bridgehead atoms. The first-order valence-electron chi connectivity index (χ1n) is 6.83. The second-order valence-electron chi connectivity index (χ2n) is 5.11. The van der Waals surface area contributed by atoms with Crippen LogP contribution in [0.2, 0.25) is 5.15 Å². The summed E-state index contributed by atoms with van der Waals surface area (Å²) in [6, 6.07) is 0. The van der Waals surface area contributed by atoms with Crippen molar-refractivity contribution in [3.8, 4) is 5.75 Å². The SMILES string of the molecule is COc1c(C)ncc(Cn2c(=O)[nH]c3c(Cl)nc(N)nc32)c1C. The Balaban J connectivity index is 2.16. The predicted octanol–water partition coefficient (Wildman–Crippen LogP) is 1.42. The highest BCUT2D eigenvalue weighted by Gasteiger charge is 2.16. The molecule has 3 N–H and O–H groups in total. The van der Waals surface area contributed by atoms with Crippen molar-refractivity contribution in [3.05, 3.63) is 38.7 Å². The number of pyridine rings is 1. The number of aromatic nitrogens is 5. The van der Waals surface area contributed by atoms with Crippen LogP contribution < -0.4 is 16.2 Å². The third kappa shape index (κ3) is 2.50. The van der Waals surface area contributed by atoms with Gasteiger partial charge in [0, 0.05) is 6.20 Å². The summed E-state index contributed by atoms with van der Waals surface area (Å²) < 4.78 is 6.81. The fourth-order valence-electron chi connectivity index (χ4n) is 2.54. The number of rotatable bonds is 3. The van der Waals surface area contributed by atoms with E-state index in [0.717, 1.165) is 16.8 Å². The van der Waals surface area contributed by atoms with Gasteiger partial charge in [-0.15, -0.1) is 0 Å². The van der Waals surface area contributed by atoms with Gasteiger partial charge in [-0.3, -0.25) is 9.55 Å². The molecule has 0 saturated carbocycles. The van der Waals surface area contributed by atoms with Gasteiger partial charge in [-0.05, 0) is 25.0 Å². The Hall–Kier alpha value is -2.61. The summed E-state index contributed by atoms with van der Waals surface area (Å²) in [4.78, 5) is 27.1. The Morgan fingerprint density at radius 2 is 2.13 bits per heavy atom. The molecule has 0 fully saturated rings. The highest BCUT2D eigenvalue weighted by Crippen LogP contribution is 2.25. The molecule has 0 spiro atoms. The zero-order valence-electron chi connectivity index (χ0n) is 12.8. The van der Waals surface area contributed by atoms with Crippen LogP contribution >= 0.6 is 11.6 Å². The summed E-state index contributed by atoms with van der Waals surface area (Å²) in [7, 11) is 1.59. The molecule has 0 atom stereocenters. The summed E-state index contributed by atoms with van der Waals surface area (Å²) in [5.41, 5.74) is 8.52. The highest BCUT2D eigenvalue weighted by molar-refractivity contribution is 6.33. The van der Waals surface area contributed by atoms with Crippen LogP contribution in [0.1, 0.15) is 16.8 Å². The standard InChI is InChI=1S/C14H15ClN6O2/c1-6-8(4-17-7(2)10(6)23-3)5-21-12-9(18-14(21)22)11(15)19-13(16)20-12/h4H,5H2,1-3H3,(H,18,22)(H2,16,19,20). The second-order valence-corrected chi connectivity index (χ2v) is 5.47. The molecule has 9 heteroatoms. The van der Waals surface area contributed by atoms with Gasteiger partial charge in [0.25, 0.3) is 0 Å². The van der Waals surface area contributed by atoms with E-state index >= 15 is 0 Å². The zero-order chi connectivity index (χ0) is 16.7. The van der Waals surface area contributed by atoms with Crippen molar-refractivity contribution in [1.29, 1.82) is 0 Å². The number of hydrogen-bond acceptors (Lipinski definition) is 6. The van der Waals surface area contributed by atoms with Crippen molar-refractivity contribution in [1.82, 2.24) is 24.5 Å². The van der Waals surface area contributed by atoms with Gasteiger partial charge in [-0.1, -0.05) is 11.6 Å². The molecule has 0 aliphatic rings. The summed E-state index contributed by atoms with van der Waals surface area (Å²) in [5, 5.41) is 0.111. The summed E-state index contributed by atoms with van der Waals surface area (Å²) in [6.45, 7) is 4.04. The average molecular weight is 335 g/mol. The van der Waals surface area contributed by atoms with E-state index in [0.29, 0.717) is 16.9 Å². The highest BCUT2D eigenvalue weighted by atomic mass is 35.5. The van der Waals surface area contributed by atoms with Crippen LogP contribution in [0, 0.1) is 13.8 Å². The topological polar surface area (TPSA) is 112 Å². The van der Waals surface area contributed by atoms with Gasteiger partial charge in [0.05, 0.1) is 19.3 Å². The number of fused-ring (bicyclic) bond motifs is 1. The molecule has 0 saturated heterocycles. The van der Waals surface area contributed by atoms with Gasteiger partial charge in [-0.2, -0.15) is 9.97 Å². The molecule has 0 radical (unpaired) electrons. The van der Waals surface area contributed by atoms with E-state index < -0.39 is 0 Å². The number of imidazole rings is 1. The lowest BCUT2D eigenvalue weighted by Gasteiger charge is -2.12. The fourth-order valence-corrected chi connectivity index (χ4v) is 2.75. The zero-order valence-corrected chi connectivity index (χ0v) is 13.6. The van der Waals surface area contributed by atoms with Crippen molar-refractivity contribution < 1.29 is 4.74 Å². The number of hydrogen-bond donors (Lipinski definition) is 2. The largest absolute Gasteiger partial charge is 0.495 e. The lowest BCUT2D eigenvalue weighted by Crippen LogP contribution is -2.18. The minimum Gasteiger partial charge on any atom is -0.495 e. The fraction of sp³-hybridized carbons (Fsp3) is 0.286. The number of anilines is 1. The molecule has 3 aromatic heterocycles. The first-order valence-corrected chi connectivity index (χ1v) is 7.20. The molecule has 3 aromatic rings. The van der Waals surface area contributed by atoms with Gasteiger partial charge in [0.2, 0.25) is 5.95 Å². The predicted molar refractivity (Wildman–Crippen MR) is 86.9 cm³/mol. The van der Waals surface area contributed by atoms with E-state index in [2.05, 4.69) is 19.9 Å². The third-order valence-corrected chi connectivity index (χ3v) is 3.97. The summed E-state index contributed by atoms with van der Waals surface area (Å²) >= 11 is 6.00. The Kier molecular flexibility index (Phi) is 3.69. The average Bonchev–Trinajstić information content (AvgIpc) is 2.79. The summed E-state index contributed by atoms with van der Waals surface area (Å²) in [5.74, 6) is 0.703. The van der Waals surface area contributed by atoms with Crippen LogP contribution in [0.4, 0.5) is 5.95 Å². The van der Waals surface area contributed by atoms with E-state index in [-0.39, 0.29) is 23.3 Å². The van der Waals surface area contributed by atoms with Crippen molar-refractivity contribution in [3.63, 3.8) is 0 Å². The van der Waals surface area contributed by atoms with E-state index in [1.54, 1.807) is 13.3 Å². The number of nitrogen functional groups attached to an aromatic ring is 1. The molecule has 0 unspecified atom stereocenters. The smallest absolute Gasteiger partial charge is 0.328 e. The molecule has 8 nitrogen and oxygen atoms in total. The third-order valence-electron chi connectivity index (χ3n) is 3.69. The molecule has 3 rings (SSSR count). The molecular weight excluding hydrogens is 320 g/mol. The first kappa shape index (κ1) is 15.3. The lowest BCUT2D eigenvalue weighted by atomic mass is 10.1. The molecule has 3 heterocycles. The van der Waals surface area contributed by atoms with Crippen molar-refractivity contribution >= 4 is 28.7 Å². The van der Waals surface area contributed by atoms with Gasteiger partial charge in [-0.25, -0.2) is 4.79 Å². The van der Waals surface area contributed by atoms with Crippen LogP contribution in [0.3, 0.4) is 0 Å². The number of ether oxygens (including phenoxy) is 1. The first-order chi connectivity index (χ1) is 10.9. The van der Waals surface area contributed by atoms with Crippen LogP contribution in [0.5, 0.6) is 5.75 Å². The maximum Gasteiger partial charge on any atom is 0.328 e. The number of nitrogens with zero attached hydrogens (tertiary/aromatic N) is 4. The Morgan fingerprint density at radius 1 is 1.39 bits per heavy atom. The number of H-pyrrole nitrogens is 1. The minimum absolute atomic E-state index is 0.00610. The monoisotopic (exact) mass is 334 g/mol. The number of nitrogens with two attached hydrogens (primary N) is 1. The van der Waals surface area contributed by atoms with Crippen LogP contribution in [-0.2, 0) is 6.54 Å². The Morgan fingerprint density at radius 3 is 2.83 bits per heavy atom. The summed E-state index contributed by atoms with van der Waals surface area (Å²) in [6.07, 6.45) is 1.71. The maximum atomic E-state index is 12.2. The van der Waals surface area contributed by atoms with Crippen LogP contribution in [0.25, 0.3) is 11.2 Å². The molecule has 0 aromatic carbocycles. The lowest BCUT2D eigenvalue weighted by molar-refractivity contribution is 0.405. The van der Waals surface area contributed by atoms with Gasteiger partial charge in [0.15, 0.2) is 10.8 Å². The molecule has 0 aliphatic heterocycles. The molecule has 0 aliphatic carbocycles. The van der Waals surface area contributed by atoms with Crippen LogP contribution in [0.15, 0.2) is 11.0 Å². The normalized spacial score (nSPS) is 11.1. The van der Waals surface area contributed by atoms with Gasteiger partial charge < -0.3 is 15.5 Å². The van der Waals surface area contributed by atoms with Crippen molar-refractivity contribution in [2.24, 2.45) is 0 Å². The number of aryl methyl sites for hydroxylation is 1. The van der Waals surface area contributed by atoms with Crippen molar-refractivity contribution in [2.45, 2.75) is 20.4 Å². The van der Waals surface area contributed by atoms with E-state index in [9.17, 15) is 4.79 Å². The van der Waals surface area contributed by atoms with Gasteiger partial charge in [0.1, 0.15) is 11.3 Å². The molecule has 120 valence electrons. The Labute approximate surface area is 136 Å². The minimum atomic E-state index is -0.347.